The summed E-state index contributed by atoms with van der Waals surface area (Å²) in [5, 5.41) is 3.54. The van der Waals surface area contributed by atoms with Gasteiger partial charge >= 0.3 is 0 Å². The van der Waals surface area contributed by atoms with Crippen molar-refractivity contribution >= 4 is 5.69 Å². The van der Waals surface area contributed by atoms with Gasteiger partial charge in [0, 0.05) is 17.8 Å². The normalized spacial score (nSPS) is 27.9. The Morgan fingerprint density at radius 3 is 2.50 bits per heavy atom. The lowest BCUT2D eigenvalue weighted by molar-refractivity contribution is 0.268. The van der Waals surface area contributed by atoms with E-state index in [0.29, 0.717) is 23.6 Å². The van der Waals surface area contributed by atoms with Crippen molar-refractivity contribution in [1.82, 2.24) is 0 Å². The molecule has 2 nitrogen and oxygen atoms in total. The molecule has 0 radical (unpaired) electrons. The summed E-state index contributed by atoms with van der Waals surface area (Å²) in [5.74, 6) is 1.30. The van der Waals surface area contributed by atoms with Gasteiger partial charge in [-0.2, -0.15) is 0 Å². The van der Waals surface area contributed by atoms with Gasteiger partial charge in [0.1, 0.15) is 0 Å². The molecule has 0 aromatic heterocycles. The number of halogens is 1. The second-order valence-corrected chi connectivity index (χ2v) is 5.40. The number of ether oxygens (including phenoxy) is 1. The van der Waals surface area contributed by atoms with Crippen LogP contribution >= 0.6 is 0 Å². The monoisotopic (exact) mass is 251 g/mol. The zero-order valence-corrected chi connectivity index (χ0v) is 11.4. The lowest BCUT2D eigenvalue weighted by atomic mass is 9.78. The van der Waals surface area contributed by atoms with Gasteiger partial charge in [-0.1, -0.05) is 20.3 Å². The highest BCUT2D eigenvalue weighted by Gasteiger charge is 2.27. The van der Waals surface area contributed by atoms with Gasteiger partial charge < -0.3 is 10.1 Å². The van der Waals surface area contributed by atoms with Crippen molar-refractivity contribution in [2.75, 3.05) is 12.4 Å². The van der Waals surface area contributed by atoms with Gasteiger partial charge in [-0.15, -0.1) is 0 Å². The maximum absolute atomic E-state index is 13.3. The highest BCUT2D eigenvalue weighted by molar-refractivity contribution is 5.49. The minimum absolute atomic E-state index is 0.302. The van der Waals surface area contributed by atoms with Crippen molar-refractivity contribution in [2.24, 2.45) is 11.8 Å². The molecular formula is C15H22FNO. The molecule has 3 heteroatoms. The van der Waals surface area contributed by atoms with E-state index in [-0.39, 0.29) is 5.82 Å². The summed E-state index contributed by atoms with van der Waals surface area (Å²) in [7, 11) is 1.49. The Morgan fingerprint density at radius 1 is 1.22 bits per heavy atom. The molecule has 0 bridgehead atoms. The standard InChI is InChI=1S/C15H22FNO/c1-10-5-4-6-11(2)15(10)17-12-7-8-13(16)14(9-12)18-3/h7-11,15,17H,4-6H2,1-3H3. The predicted molar refractivity (Wildman–Crippen MR) is 72.5 cm³/mol. The molecule has 1 fully saturated rings. The fourth-order valence-electron chi connectivity index (χ4n) is 2.91. The second-order valence-electron chi connectivity index (χ2n) is 5.40. The number of anilines is 1. The molecule has 1 aliphatic carbocycles. The molecule has 2 rings (SSSR count). The molecular weight excluding hydrogens is 229 g/mol. The molecule has 0 spiro atoms. The third-order valence-electron chi connectivity index (χ3n) is 4.03. The van der Waals surface area contributed by atoms with Gasteiger partial charge in [0.15, 0.2) is 11.6 Å². The molecule has 2 unspecified atom stereocenters. The Hall–Kier alpha value is -1.25. The molecule has 1 aromatic carbocycles. The number of rotatable bonds is 3. The molecule has 0 aliphatic heterocycles. The van der Waals surface area contributed by atoms with Crippen LogP contribution in [0.15, 0.2) is 18.2 Å². The number of methoxy groups -OCH3 is 1. The lowest BCUT2D eigenvalue weighted by Crippen LogP contribution is -2.37. The van der Waals surface area contributed by atoms with E-state index in [1.165, 1.54) is 32.4 Å². The van der Waals surface area contributed by atoms with Crippen molar-refractivity contribution in [3.05, 3.63) is 24.0 Å². The minimum atomic E-state index is -0.312. The third-order valence-corrected chi connectivity index (χ3v) is 4.03. The summed E-state index contributed by atoms with van der Waals surface area (Å²) in [6.07, 6.45) is 3.84. The zero-order valence-electron chi connectivity index (χ0n) is 11.4. The first-order chi connectivity index (χ1) is 8.61. The Bertz CT molecular complexity index is 397. The van der Waals surface area contributed by atoms with Crippen LogP contribution in [0, 0.1) is 17.7 Å². The Balaban J connectivity index is 2.12. The Morgan fingerprint density at radius 2 is 1.89 bits per heavy atom. The molecule has 0 amide bonds. The largest absolute Gasteiger partial charge is 0.494 e. The maximum Gasteiger partial charge on any atom is 0.165 e. The van der Waals surface area contributed by atoms with Crippen molar-refractivity contribution in [2.45, 2.75) is 39.2 Å². The van der Waals surface area contributed by atoms with Gasteiger partial charge in [-0.05, 0) is 36.8 Å². The highest BCUT2D eigenvalue weighted by atomic mass is 19.1. The van der Waals surface area contributed by atoms with Crippen molar-refractivity contribution in [1.29, 1.82) is 0 Å². The van der Waals surface area contributed by atoms with E-state index in [0.717, 1.165) is 5.69 Å². The predicted octanol–water partition coefficient (Wildman–Crippen LogP) is 4.07. The number of hydrogen-bond donors (Lipinski definition) is 1. The maximum atomic E-state index is 13.3. The van der Waals surface area contributed by atoms with Gasteiger partial charge in [0.05, 0.1) is 7.11 Å². The first-order valence-electron chi connectivity index (χ1n) is 6.72. The average molecular weight is 251 g/mol. The van der Waals surface area contributed by atoms with Crippen LogP contribution in [-0.4, -0.2) is 13.2 Å². The van der Waals surface area contributed by atoms with Crippen LogP contribution in [-0.2, 0) is 0 Å². The Kier molecular flexibility index (Phi) is 4.10. The smallest absolute Gasteiger partial charge is 0.165 e. The van der Waals surface area contributed by atoms with E-state index in [1.54, 1.807) is 12.1 Å². The topological polar surface area (TPSA) is 21.3 Å². The summed E-state index contributed by atoms with van der Waals surface area (Å²) in [4.78, 5) is 0. The van der Waals surface area contributed by atoms with E-state index in [4.69, 9.17) is 4.74 Å². The van der Waals surface area contributed by atoms with Gasteiger partial charge in [0.25, 0.3) is 0 Å². The average Bonchev–Trinajstić information content (AvgIpc) is 2.36. The van der Waals surface area contributed by atoms with E-state index >= 15 is 0 Å². The molecule has 100 valence electrons. The molecule has 1 N–H and O–H groups in total. The van der Waals surface area contributed by atoms with Crippen LogP contribution < -0.4 is 10.1 Å². The molecule has 2 atom stereocenters. The first-order valence-corrected chi connectivity index (χ1v) is 6.72. The Labute approximate surface area is 109 Å². The summed E-state index contributed by atoms with van der Waals surface area (Å²) >= 11 is 0. The fourth-order valence-corrected chi connectivity index (χ4v) is 2.91. The molecule has 1 aromatic rings. The summed E-state index contributed by atoms with van der Waals surface area (Å²) in [5.41, 5.74) is 0.943. The summed E-state index contributed by atoms with van der Waals surface area (Å²) in [6.45, 7) is 4.57. The first kappa shape index (κ1) is 13.2. The van der Waals surface area contributed by atoms with E-state index in [2.05, 4.69) is 19.2 Å². The van der Waals surface area contributed by atoms with Crippen molar-refractivity contribution in [3.63, 3.8) is 0 Å². The van der Waals surface area contributed by atoms with E-state index < -0.39 is 0 Å². The summed E-state index contributed by atoms with van der Waals surface area (Å²) in [6, 6.07) is 5.45. The number of benzene rings is 1. The molecule has 1 saturated carbocycles. The van der Waals surface area contributed by atoms with Gasteiger partial charge in [-0.3, -0.25) is 0 Å². The SMILES string of the molecule is COc1cc(NC2C(C)CCCC2C)ccc1F. The molecule has 1 aliphatic rings. The molecule has 18 heavy (non-hydrogen) atoms. The molecule has 0 heterocycles. The van der Waals surface area contributed by atoms with Gasteiger partial charge in [-0.25, -0.2) is 4.39 Å². The van der Waals surface area contributed by atoms with Gasteiger partial charge in [0.2, 0.25) is 0 Å². The van der Waals surface area contributed by atoms with Crippen molar-refractivity contribution in [3.8, 4) is 5.75 Å². The summed E-state index contributed by atoms with van der Waals surface area (Å²) < 4.78 is 18.4. The van der Waals surface area contributed by atoms with E-state index in [9.17, 15) is 4.39 Å². The van der Waals surface area contributed by atoms with Crippen LogP contribution in [0.3, 0.4) is 0 Å². The van der Waals surface area contributed by atoms with Crippen LogP contribution in [0.5, 0.6) is 5.75 Å². The quantitative estimate of drug-likeness (QED) is 0.874. The van der Waals surface area contributed by atoms with E-state index in [1.807, 2.05) is 0 Å². The fraction of sp³-hybridized carbons (Fsp3) is 0.600. The van der Waals surface area contributed by atoms with Crippen LogP contribution in [0.25, 0.3) is 0 Å². The highest BCUT2D eigenvalue weighted by Crippen LogP contribution is 2.32. The van der Waals surface area contributed by atoms with Crippen molar-refractivity contribution < 1.29 is 9.13 Å². The molecule has 0 saturated heterocycles. The van der Waals surface area contributed by atoms with Crippen LogP contribution in [0.2, 0.25) is 0 Å². The lowest BCUT2D eigenvalue weighted by Gasteiger charge is -2.36. The zero-order chi connectivity index (χ0) is 13.1. The van der Waals surface area contributed by atoms with Crippen LogP contribution in [0.1, 0.15) is 33.1 Å². The third kappa shape index (κ3) is 2.77. The van der Waals surface area contributed by atoms with Crippen LogP contribution in [0.4, 0.5) is 10.1 Å². The minimum Gasteiger partial charge on any atom is -0.494 e. The number of nitrogens with one attached hydrogen (secondary N) is 1. The second kappa shape index (κ2) is 5.59. The number of hydrogen-bond acceptors (Lipinski definition) is 2.